The van der Waals surface area contributed by atoms with E-state index in [2.05, 4.69) is 15.0 Å². The molecule has 0 spiro atoms. The summed E-state index contributed by atoms with van der Waals surface area (Å²) >= 11 is 0. The molecule has 1 unspecified atom stereocenters. The molecule has 2 aromatic heterocycles. The number of hydrogen-bond acceptors (Lipinski definition) is 4. The fourth-order valence-corrected chi connectivity index (χ4v) is 2.93. The number of anilines is 1. The van der Waals surface area contributed by atoms with Crippen molar-refractivity contribution >= 4 is 5.82 Å². The van der Waals surface area contributed by atoms with Crippen molar-refractivity contribution in [1.82, 2.24) is 19.7 Å². The van der Waals surface area contributed by atoms with Crippen molar-refractivity contribution in [1.29, 1.82) is 0 Å². The molecule has 1 aliphatic heterocycles. The molecule has 8 heteroatoms. The van der Waals surface area contributed by atoms with Crippen LogP contribution >= 0.6 is 0 Å². The summed E-state index contributed by atoms with van der Waals surface area (Å²) in [6, 6.07) is 4.70. The molecule has 1 atom stereocenters. The zero-order valence-corrected chi connectivity index (χ0v) is 12.5. The van der Waals surface area contributed by atoms with Crippen molar-refractivity contribution in [2.24, 2.45) is 0 Å². The first-order valence-corrected chi connectivity index (χ1v) is 7.47. The first-order valence-electron chi connectivity index (χ1n) is 7.47. The van der Waals surface area contributed by atoms with Gasteiger partial charge in [-0.3, -0.25) is 9.58 Å². The van der Waals surface area contributed by atoms with Crippen LogP contribution in [0.4, 0.5) is 19.0 Å². The lowest BCUT2D eigenvalue weighted by atomic mass is 10.1. The molecule has 1 fully saturated rings. The van der Waals surface area contributed by atoms with E-state index in [4.69, 9.17) is 5.73 Å². The van der Waals surface area contributed by atoms with Gasteiger partial charge in [-0.2, -0.15) is 18.3 Å². The van der Waals surface area contributed by atoms with Crippen LogP contribution in [0.15, 0.2) is 30.6 Å². The van der Waals surface area contributed by atoms with Crippen LogP contribution < -0.4 is 5.73 Å². The molecule has 1 saturated heterocycles. The Morgan fingerprint density at radius 3 is 2.83 bits per heavy atom. The van der Waals surface area contributed by atoms with Crippen molar-refractivity contribution in [2.45, 2.75) is 31.6 Å². The van der Waals surface area contributed by atoms with Crippen LogP contribution in [0.2, 0.25) is 0 Å². The summed E-state index contributed by atoms with van der Waals surface area (Å²) in [6.45, 7) is 2.28. The normalized spacial score (nSPS) is 19.9. The number of rotatable bonds is 3. The van der Waals surface area contributed by atoms with Gasteiger partial charge in [0.1, 0.15) is 5.82 Å². The lowest BCUT2D eigenvalue weighted by molar-refractivity contribution is -0.141. The van der Waals surface area contributed by atoms with Crippen LogP contribution in [0.5, 0.6) is 0 Å². The molecular formula is C15H18F3N5. The number of pyridine rings is 1. The van der Waals surface area contributed by atoms with Gasteiger partial charge in [-0.1, -0.05) is 0 Å². The zero-order valence-electron chi connectivity index (χ0n) is 12.5. The molecule has 1 aliphatic rings. The van der Waals surface area contributed by atoms with E-state index in [-0.39, 0.29) is 6.04 Å². The predicted molar refractivity (Wildman–Crippen MR) is 79.4 cm³/mol. The lowest BCUT2D eigenvalue weighted by Gasteiger charge is -2.32. The average Bonchev–Trinajstić information content (AvgIpc) is 2.97. The van der Waals surface area contributed by atoms with E-state index in [9.17, 15) is 13.2 Å². The van der Waals surface area contributed by atoms with Gasteiger partial charge in [0.2, 0.25) is 0 Å². The number of piperidine rings is 1. The molecule has 2 N–H and O–H groups in total. The number of nitrogens with two attached hydrogens (primary N) is 1. The predicted octanol–water partition coefficient (Wildman–Crippen LogP) is 2.72. The third-order valence-corrected chi connectivity index (χ3v) is 4.01. The first-order chi connectivity index (χ1) is 10.9. The molecule has 2 aromatic rings. The van der Waals surface area contributed by atoms with E-state index in [1.807, 2.05) is 12.1 Å². The summed E-state index contributed by atoms with van der Waals surface area (Å²) in [5.41, 5.74) is 5.89. The molecule has 23 heavy (non-hydrogen) atoms. The molecule has 3 rings (SSSR count). The van der Waals surface area contributed by atoms with Crippen LogP contribution in [0, 0.1) is 0 Å². The number of alkyl halides is 3. The summed E-state index contributed by atoms with van der Waals surface area (Å²) in [7, 11) is 0. The maximum absolute atomic E-state index is 12.7. The minimum Gasteiger partial charge on any atom is -0.384 e. The average molecular weight is 325 g/mol. The van der Waals surface area contributed by atoms with Gasteiger partial charge in [-0.15, -0.1) is 0 Å². The van der Waals surface area contributed by atoms with Crippen LogP contribution in [-0.2, 0) is 12.7 Å². The number of nitrogens with zero attached hydrogens (tertiary/aromatic N) is 4. The highest BCUT2D eigenvalue weighted by Crippen LogP contribution is 2.29. The van der Waals surface area contributed by atoms with Gasteiger partial charge in [0.05, 0.1) is 6.04 Å². The number of halogens is 3. The molecule has 124 valence electrons. The summed E-state index contributed by atoms with van der Waals surface area (Å²) in [5.74, 6) is 0.470. The van der Waals surface area contributed by atoms with E-state index < -0.39 is 11.9 Å². The maximum atomic E-state index is 12.7. The molecule has 3 heterocycles. The Morgan fingerprint density at radius 2 is 2.13 bits per heavy atom. The van der Waals surface area contributed by atoms with Crippen LogP contribution in [0.1, 0.15) is 30.1 Å². The molecule has 0 amide bonds. The fourth-order valence-electron chi connectivity index (χ4n) is 2.93. The van der Waals surface area contributed by atoms with Gasteiger partial charge in [0, 0.05) is 25.5 Å². The van der Waals surface area contributed by atoms with Crippen molar-refractivity contribution in [3.05, 3.63) is 41.9 Å². The Morgan fingerprint density at radius 1 is 1.30 bits per heavy atom. The summed E-state index contributed by atoms with van der Waals surface area (Å²) in [5, 5.41) is 3.70. The van der Waals surface area contributed by atoms with E-state index in [1.54, 1.807) is 6.20 Å². The molecule has 0 saturated carbocycles. The van der Waals surface area contributed by atoms with Crippen LogP contribution in [0.25, 0.3) is 0 Å². The summed E-state index contributed by atoms with van der Waals surface area (Å²) in [6.07, 6.45) is 0.436. The second-order valence-electron chi connectivity index (χ2n) is 5.80. The number of aromatic nitrogens is 3. The molecule has 0 aromatic carbocycles. The van der Waals surface area contributed by atoms with Gasteiger partial charge in [0.15, 0.2) is 5.69 Å². The Bertz CT molecular complexity index is 667. The van der Waals surface area contributed by atoms with Gasteiger partial charge in [-0.25, -0.2) is 4.98 Å². The second-order valence-corrected chi connectivity index (χ2v) is 5.80. The molecular weight excluding hydrogens is 307 g/mol. The number of hydrogen-bond donors (Lipinski definition) is 1. The highest BCUT2D eigenvalue weighted by atomic mass is 19.4. The SMILES string of the molecule is Nc1cc(CN2CCCC(n3ccc(C(F)(F)F)n3)C2)ccn1. The largest absolute Gasteiger partial charge is 0.435 e. The first kappa shape index (κ1) is 15.8. The van der Waals surface area contributed by atoms with Gasteiger partial charge in [-0.05, 0) is 43.1 Å². The maximum Gasteiger partial charge on any atom is 0.435 e. The highest BCUT2D eigenvalue weighted by molar-refractivity contribution is 5.31. The zero-order chi connectivity index (χ0) is 16.4. The topological polar surface area (TPSA) is 60.0 Å². The van der Waals surface area contributed by atoms with Crippen molar-refractivity contribution in [2.75, 3.05) is 18.8 Å². The van der Waals surface area contributed by atoms with Gasteiger partial charge < -0.3 is 5.73 Å². The lowest BCUT2D eigenvalue weighted by Crippen LogP contribution is -2.36. The molecule has 0 aliphatic carbocycles. The molecule has 0 radical (unpaired) electrons. The fraction of sp³-hybridized carbons (Fsp3) is 0.467. The highest BCUT2D eigenvalue weighted by Gasteiger charge is 2.34. The smallest absolute Gasteiger partial charge is 0.384 e. The third kappa shape index (κ3) is 3.82. The Labute approximate surface area is 131 Å². The summed E-state index contributed by atoms with van der Waals surface area (Å²) < 4.78 is 39.4. The van der Waals surface area contributed by atoms with Crippen LogP contribution in [0.3, 0.4) is 0 Å². The van der Waals surface area contributed by atoms with Crippen molar-refractivity contribution in [3.63, 3.8) is 0 Å². The van der Waals surface area contributed by atoms with E-state index in [0.29, 0.717) is 18.9 Å². The Hall–Kier alpha value is -2.09. The molecule has 0 bridgehead atoms. The third-order valence-electron chi connectivity index (χ3n) is 4.01. The number of nitrogen functional groups attached to an aromatic ring is 1. The molecule has 5 nitrogen and oxygen atoms in total. The minimum atomic E-state index is -4.39. The van der Waals surface area contributed by atoms with E-state index >= 15 is 0 Å². The van der Waals surface area contributed by atoms with E-state index in [0.717, 1.165) is 31.0 Å². The van der Waals surface area contributed by atoms with Crippen molar-refractivity contribution in [3.8, 4) is 0 Å². The Kier molecular flexibility index (Phi) is 4.25. The van der Waals surface area contributed by atoms with Crippen molar-refractivity contribution < 1.29 is 13.2 Å². The van der Waals surface area contributed by atoms with Gasteiger partial charge in [0.25, 0.3) is 0 Å². The van der Waals surface area contributed by atoms with E-state index in [1.165, 1.54) is 10.9 Å². The second kappa shape index (κ2) is 6.19. The van der Waals surface area contributed by atoms with Crippen LogP contribution in [-0.4, -0.2) is 32.8 Å². The minimum absolute atomic E-state index is 0.0426. The summed E-state index contributed by atoms with van der Waals surface area (Å²) in [4.78, 5) is 6.17. The monoisotopic (exact) mass is 325 g/mol. The quantitative estimate of drug-likeness (QED) is 0.942. The Balaban J connectivity index is 1.67. The number of likely N-dealkylation sites (tertiary alicyclic amines) is 1. The standard InChI is InChI=1S/C15H18F3N5/c16-15(17,18)13-4-7-23(21-13)12-2-1-6-22(10-12)9-11-3-5-20-14(19)8-11/h3-5,7-8,12H,1-2,6,9-10H2,(H2,19,20). The van der Waals surface area contributed by atoms with Gasteiger partial charge >= 0.3 is 6.18 Å².